The van der Waals surface area contributed by atoms with Crippen molar-refractivity contribution in [2.45, 2.75) is 19.4 Å². The van der Waals surface area contributed by atoms with E-state index in [1.165, 1.54) is 0 Å². The van der Waals surface area contributed by atoms with E-state index in [2.05, 4.69) is 18.4 Å². The van der Waals surface area contributed by atoms with Gasteiger partial charge in [0.2, 0.25) is 0 Å². The summed E-state index contributed by atoms with van der Waals surface area (Å²) in [5, 5.41) is 0. The molecule has 0 aromatic carbocycles. The van der Waals surface area contributed by atoms with E-state index in [0.29, 0.717) is 6.04 Å². The summed E-state index contributed by atoms with van der Waals surface area (Å²) < 4.78 is 5.26. The second-order valence-corrected chi connectivity index (χ2v) is 3.02. The Morgan fingerprint density at radius 3 is 2.73 bits per heavy atom. The predicted octanol–water partition coefficient (Wildman–Crippen LogP) is 1.28. The molecule has 11 heavy (non-hydrogen) atoms. The molecule has 2 nitrogen and oxygen atoms in total. The van der Waals surface area contributed by atoms with Crippen molar-refractivity contribution >= 4 is 0 Å². The first-order valence-corrected chi connectivity index (χ1v) is 4.27. The van der Waals surface area contributed by atoms with Crippen molar-refractivity contribution in [1.29, 1.82) is 0 Å². The van der Waals surface area contributed by atoms with Crippen LogP contribution in [0.1, 0.15) is 13.3 Å². The zero-order chi connectivity index (χ0) is 8.10. The van der Waals surface area contributed by atoms with Crippen LogP contribution >= 0.6 is 0 Å². The molecule has 0 spiro atoms. The van der Waals surface area contributed by atoms with Gasteiger partial charge in [-0.1, -0.05) is 6.08 Å². The molecule has 64 valence electrons. The number of rotatable bonds is 3. The fraction of sp³-hybridized carbons (Fsp3) is 0.778. The van der Waals surface area contributed by atoms with Gasteiger partial charge in [-0.05, 0) is 13.3 Å². The van der Waals surface area contributed by atoms with Crippen LogP contribution < -0.4 is 0 Å². The maximum Gasteiger partial charge on any atom is 0.0594 e. The van der Waals surface area contributed by atoms with Crippen LogP contribution in [0.5, 0.6) is 0 Å². The van der Waals surface area contributed by atoms with Crippen LogP contribution in [-0.4, -0.2) is 37.2 Å². The number of morpholine rings is 1. The Bertz CT molecular complexity index is 119. The fourth-order valence-corrected chi connectivity index (χ4v) is 1.41. The average molecular weight is 155 g/mol. The van der Waals surface area contributed by atoms with Gasteiger partial charge in [0, 0.05) is 19.1 Å². The molecule has 1 rings (SSSR count). The molecule has 0 aromatic rings. The van der Waals surface area contributed by atoms with Crippen molar-refractivity contribution in [3.8, 4) is 0 Å². The molecule has 1 aliphatic rings. The smallest absolute Gasteiger partial charge is 0.0594 e. The topological polar surface area (TPSA) is 12.5 Å². The van der Waals surface area contributed by atoms with Gasteiger partial charge in [0.15, 0.2) is 0 Å². The second kappa shape index (κ2) is 4.52. The Balaban J connectivity index is 2.26. The van der Waals surface area contributed by atoms with Gasteiger partial charge in [0.1, 0.15) is 0 Å². The van der Waals surface area contributed by atoms with E-state index in [1.54, 1.807) is 0 Å². The first kappa shape index (κ1) is 8.75. The summed E-state index contributed by atoms with van der Waals surface area (Å²) in [4.78, 5) is 2.45. The number of hydrogen-bond acceptors (Lipinski definition) is 2. The highest BCUT2D eigenvalue weighted by Crippen LogP contribution is 2.06. The van der Waals surface area contributed by atoms with Crippen molar-refractivity contribution < 1.29 is 4.74 Å². The third kappa shape index (κ3) is 2.64. The molecule has 0 aliphatic carbocycles. The third-order valence-corrected chi connectivity index (χ3v) is 2.18. The van der Waals surface area contributed by atoms with Crippen LogP contribution in [0, 0.1) is 0 Å². The Kier molecular flexibility index (Phi) is 3.60. The standard InChI is InChI=1S/C9H17NO/c1-3-4-9(2)10-5-7-11-8-6-10/h3,9H,1,4-8H2,2H3. The van der Waals surface area contributed by atoms with E-state index in [0.717, 1.165) is 32.7 Å². The van der Waals surface area contributed by atoms with Gasteiger partial charge in [-0.3, -0.25) is 4.90 Å². The highest BCUT2D eigenvalue weighted by Gasteiger charge is 2.14. The number of ether oxygens (including phenoxy) is 1. The Morgan fingerprint density at radius 1 is 1.55 bits per heavy atom. The lowest BCUT2D eigenvalue weighted by molar-refractivity contribution is 0.0208. The lowest BCUT2D eigenvalue weighted by Gasteiger charge is -2.31. The van der Waals surface area contributed by atoms with E-state index in [-0.39, 0.29) is 0 Å². The van der Waals surface area contributed by atoms with Gasteiger partial charge in [0.05, 0.1) is 13.2 Å². The lowest BCUT2D eigenvalue weighted by Crippen LogP contribution is -2.41. The minimum Gasteiger partial charge on any atom is -0.379 e. The molecule has 1 saturated heterocycles. The average Bonchev–Trinajstić information content (AvgIpc) is 2.07. The molecule has 1 heterocycles. The van der Waals surface area contributed by atoms with Gasteiger partial charge in [0.25, 0.3) is 0 Å². The molecule has 0 amide bonds. The summed E-state index contributed by atoms with van der Waals surface area (Å²) in [6.07, 6.45) is 3.07. The van der Waals surface area contributed by atoms with Crippen LogP contribution in [0.15, 0.2) is 12.7 Å². The molecular weight excluding hydrogens is 138 g/mol. The number of nitrogens with zero attached hydrogens (tertiary/aromatic N) is 1. The summed E-state index contributed by atoms with van der Waals surface area (Å²) in [6, 6.07) is 0.636. The molecular formula is C9H17NO. The molecule has 1 atom stereocenters. The van der Waals surface area contributed by atoms with Gasteiger partial charge in [-0.15, -0.1) is 6.58 Å². The van der Waals surface area contributed by atoms with E-state index in [4.69, 9.17) is 4.74 Å². The van der Waals surface area contributed by atoms with E-state index >= 15 is 0 Å². The minimum atomic E-state index is 0.636. The summed E-state index contributed by atoms with van der Waals surface area (Å²) in [5.74, 6) is 0. The van der Waals surface area contributed by atoms with Crippen LogP contribution in [0.2, 0.25) is 0 Å². The third-order valence-electron chi connectivity index (χ3n) is 2.18. The normalized spacial score (nSPS) is 23.0. The van der Waals surface area contributed by atoms with Crippen molar-refractivity contribution in [2.75, 3.05) is 26.3 Å². The van der Waals surface area contributed by atoms with Crippen molar-refractivity contribution in [2.24, 2.45) is 0 Å². The fourth-order valence-electron chi connectivity index (χ4n) is 1.41. The van der Waals surface area contributed by atoms with Crippen molar-refractivity contribution in [1.82, 2.24) is 4.90 Å². The lowest BCUT2D eigenvalue weighted by atomic mass is 10.2. The Labute approximate surface area is 68.8 Å². The quantitative estimate of drug-likeness (QED) is 0.569. The van der Waals surface area contributed by atoms with Crippen molar-refractivity contribution in [3.63, 3.8) is 0 Å². The summed E-state index contributed by atoms with van der Waals surface area (Å²) in [7, 11) is 0. The maximum absolute atomic E-state index is 5.26. The molecule has 1 aliphatic heterocycles. The molecule has 2 heteroatoms. The predicted molar refractivity (Wildman–Crippen MR) is 46.7 cm³/mol. The largest absolute Gasteiger partial charge is 0.379 e. The first-order valence-electron chi connectivity index (χ1n) is 4.27. The summed E-state index contributed by atoms with van der Waals surface area (Å²) in [6.45, 7) is 9.92. The van der Waals surface area contributed by atoms with Crippen molar-refractivity contribution in [3.05, 3.63) is 12.7 Å². The maximum atomic E-state index is 5.26. The van der Waals surface area contributed by atoms with E-state index < -0.39 is 0 Å². The highest BCUT2D eigenvalue weighted by atomic mass is 16.5. The van der Waals surface area contributed by atoms with E-state index in [1.807, 2.05) is 6.08 Å². The molecule has 0 radical (unpaired) electrons. The van der Waals surface area contributed by atoms with Gasteiger partial charge < -0.3 is 4.74 Å². The molecule has 0 saturated carbocycles. The number of hydrogen-bond donors (Lipinski definition) is 0. The molecule has 1 unspecified atom stereocenters. The minimum absolute atomic E-state index is 0.636. The van der Waals surface area contributed by atoms with Gasteiger partial charge in [-0.2, -0.15) is 0 Å². The second-order valence-electron chi connectivity index (χ2n) is 3.02. The van der Waals surface area contributed by atoms with Crippen LogP contribution in [-0.2, 0) is 4.74 Å². The van der Waals surface area contributed by atoms with Crippen LogP contribution in [0.3, 0.4) is 0 Å². The molecule has 1 fully saturated rings. The molecule has 0 bridgehead atoms. The van der Waals surface area contributed by atoms with Crippen LogP contribution in [0.25, 0.3) is 0 Å². The zero-order valence-electron chi connectivity index (χ0n) is 7.25. The Morgan fingerprint density at radius 2 is 2.18 bits per heavy atom. The van der Waals surface area contributed by atoms with E-state index in [9.17, 15) is 0 Å². The highest BCUT2D eigenvalue weighted by molar-refractivity contribution is 4.78. The zero-order valence-corrected chi connectivity index (χ0v) is 7.25. The van der Waals surface area contributed by atoms with Crippen LogP contribution in [0.4, 0.5) is 0 Å². The first-order chi connectivity index (χ1) is 5.34. The SMILES string of the molecule is C=CCC(C)N1CCOCC1. The van der Waals surface area contributed by atoms with Gasteiger partial charge >= 0.3 is 0 Å². The molecule has 0 N–H and O–H groups in total. The monoisotopic (exact) mass is 155 g/mol. The summed E-state index contributed by atoms with van der Waals surface area (Å²) >= 11 is 0. The summed E-state index contributed by atoms with van der Waals surface area (Å²) in [5.41, 5.74) is 0. The molecule has 0 aromatic heterocycles. The van der Waals surface area contributed by atoms with Gasteiger partial charge in [-0.25, -0.2) is 0 Å². The Hall–Kier alpha value is -0.340.